The lowest BCUT2D eigenvalue weighted by Gasteiger charge is -2.27. The summed E-state index contributed by atoms with van der Waals surface area (Å²) in [6.45, 7) is 8.81. The molecule has 1 aliphatic rings. The van der Waals surface area contributed by atoms with Crippen LogP contribution in [0.3, 0.4) is 0 Å². The van der Waals surface area contributed by atoms with Gasteiger partial charge >= 0.3 is 0 Å². The van der Waals surface area contributed by atoms with Crippen LogP contribution < -0.4 is 10.6 Å². The molecule has 7 nitrogen and oxygen atoms in total. The van der Waals surface area contributed by atoms with Gasteiger partial charge in [-0.15, -0.1) is 11.3 Å². The number of aryl methyl sites for hydroxylation is 2. The Morgan fingerprint density at radius 2 is 2.08 bits per heavy atom. The minimum Gasteiger partial charge on any atom is -0.361 e. The number of hydrogen-bond acceptors (Lipinski definition) is 6. The van der Waals surface area contributed by atoms with Crippen molar-refractivity contribution in [3.05, 3.63) is 38.4 Å². The molecule has 3 rings (SSSR count). The van der Waals surface area contributed by atoms with Crippen LogP contribution in [0, 0.1) is 13.8 Å². The van der Waals surface area contributed by atoms with E-state index in [1.807, 2.05) is 19.2 Å². The molecule has 0 saturated carbocycles. The number of aromatic nitrogens is 1. The Hall–Kier alpha value is -2.19. The molecule has 2 aromatic rings. The molecule has 0 saturated heterocycles. The molecule has 2 N–H and O–H groups in total. The molecule has 0 aliphatic carbocycles. The second kappa shape index (κ2) is 8.01. The molecule has 0 aromatic carbocycles. The van der Waals surface area contributed by atoms with Gasteiger partial charge in [-0.05, 0) is 25.8 Å². The molecule has 140 valence electrons. The van der Waals surface area contributed by atoms with Gasteiger partial charge in [0.1, 0.15) is 5.76 Å². The van der Waals surface area contributed by atoms with Crippen LogP contribution in [0.5, 0.6) is 0 Å². The number of fused-ring (bicyclic) bond motifs is 1. The van der Waals surface area contributed by atoms with E-state index in [-0.39, 0.29) is 11.8 Å². The summed E-state index contributed by atoms with van der Waals surface area (Å²) in [5.74, 6) is 0.719. The van der Waals surface area contributed by atoms with Gasteiger partial charge in [0.15, 0.2) is 0 Å². The van der Waals surface area contributed by atoms with Gasteiger partial charge < -0.3 is 15.2 Å². The van der Waals surface area contributed by atoms with Crippen LogP contribution in [0.2, 0.25) is 0 Å². The minimum atomic E-state index is -0.0921. The Labute approximate surface area is 156 Å². The highest BCUT2D eigenvalue weighted by Crippen LogP contribution is 2.30. The lowest BCUT2D eigenvalue weighted by molar-refractivity contribution is -0.118. The average Bonchev–Trinajstić information content (AvgIpc) is 3.16. The van der Waals surface area contributed by atoms with Crippen molar-refractivity contribution < 1.29 is 14.1 Å². The number of nitrogens with one attached hydrogen (secondary N) is 2. The fourth-order valence-corrected chi connectivity index (χ4v) is 4.29. The number of rotatable bonds is 6. The van der Waals surface area contributed by atoms with E-state index < -0.39 is 0 Å². The third kappa shape index (κ3) is 4.13. The number of carbonyl (C=O) groups excluding carboxylic acids is 2. The first-order valence-corrected chi connectivity index (χ1v) is 9.59. The van der Waals surface area contributed by atoms with Crippen molar-refractivity contribution >= 4 is 23.2 Å². The van der Waals surface area contributed by atoms with E-state index in [0.717, 1.165) is 54.2 Å². The summed E-state index contributed by atoms with van der Waals surface area (Å²) < 4.78 is 5.25. The van der Waals surface area contributed by atoms with Crippen LogP contribution in [-0.2, 0) is 24.3 Å². The summed E-state index contributed by atoms with van der Waals surface area (Å²) in [6.07, 6.45) is 0.858. The van der Waals surface area contributed by atoms with Crippen molar-refractivity contribution in [1.29, 1.82) is 0 Å². The molecule has 26 heavy (non-hydrogen) atoms. The summed E-state index contributed by atoms with van der Waals surface area (Å²) in [6, 6.07) is 0. The van der Waals surface area contributed by atoms with Gasteiger partial charge in [0.05, 0.1) is 11.3 Å². The zero-order valence-electron chi connectivity index (χ0n) is 15.3. The van der Waals surface area contributed by atoms with Gasteiger partial charge in [-0.25, -0.2) is 0 Å². The Morgan fingerprint density at radius 1 is 1.31 bits per heavy atom. The topological polar surface area (TPSA) is 87.5 Å². The molecule has 3 heterocycles. The summed E-state index contributed by atoms with van der Waals surface area (Å²) in [5, 5.41) is 11.5. The van der Waals surface area contributed by atoms with Crippen molar-refractivity contribution in [2.45, 2.75) is 40.3 Å². The Kier molecular flexibility index (Phi) is 5.73. The van der Waals surface area contributed by atoms with Gasteiger partial charge in [0.25, 0.3) is 5.91 Å². The number of carbonyl (C=O) groups is 2. The van der Waals surface area contributed by atoms with Gasteiger partial charge in [0, 0.05) is 55.5 Å². The third-order valence-electron chi connectivity index (χ3n) is 4.62. The van der Waals surface area contributed by atoms with Crippen molar-refractivity contribution in [3.8, 4) is 0 Å². The largest absolute Gasteiger partial charge is 0.361 e. The lowest BCUT2D eigenvalue weighted by Crippen LogP contribution is -2.34. The Balaban J connectivity index is 1.59. The van der Waals surface area contributed by atoms with E-state index in [9.17, 15) is 9.59 Å². The number of thiophene rings is 1. The Morgan fingerprint density at radius 3 is 2.77 bits per heavy atom. The van der Waals surface area contributed by atoms with Crippen LogP contribution in [0.25, 0.3) is 0 Å². The molecule has 0 fully saturated rings. The summed E-state index contributed by atoms with van der Waals surface area (Å²) in [5.41, 5.74) is 4.02. The van der Waals surface area contributed by atoms with Crippen LogP contribution >= 0.6 is 11.3 Å². The van der Waals surface area contributed by atoms with Crippen molar-refractivity contribution in [3.63, 3.8) is 0 Å². The quantitative estimate of drug-likeness (QED) is 0.751. The first kappa shape index (κ1) is 18.6. The monoisotopic (exact) mass is 376 g/mol. The fourth-order valence-electron chi connectivity index (χ4n) is 3.17. The van der Waals surface area contributed by atoms with Crippen molar-refractivity contribution in [2.75, 3.05) is 19.6 Å². The fraction of sp³-hybridized carbons (Fsp3) is 0.500. The molecule has 0 atom stereocenters. The predicted octanol–water partition coefficient (Wildman–Crippen LogP) is 1.78. The van der Waals surface area contributed by atoms with Crippen molar-refractivity contribution in [2.24, 2.45) is 0 Å². The SMILES string of the molecule is CC(=O)NCCNC(=O)c1csc2c1CCN(Cc1c(C)noc1C)C2. The normalized spacial score (nSPS) is 14.1. The summed E-state index contributed by atoms with van der Waals surface area (Å²) >= 11 is 1.64. The molecule has 0 spiro atoms. The zero-order chi connectivity index (χ0) is 18.7. The van der Waals surface area contributed by atoms with Gasteiger partial charge in [-0.2, -0.15) is 0 Å². The van der Waals surface area contributed by atoms with Crippen LogP contribution in [0.1, 0.15) is 44.7 Å². The van der Waals surface area contributed by atoms with Gasteiger partial charge in [-0.1, -0.05) is 5.16 Å². The summed E-state index contributed by atoms with van der Waals surface area (Å²) in [4.78, 5) is 26.9. The van der Waals surface area contributed by atoms with Crippen LogP contribution in [0.4, 0.5) is 0 Å². The molecule has 2 aromatic heterocycles. The van der Waals surface area contributed by atoms with E-state index in [2.05, 4.69) is 20.7 Å². The molecule has 1 aliphatic heterocycles. The van der Waals surface area contributed by atoms with E-state index in [0.29, 0.717) is 13.1 Å². The van der Waals surface area contributed by atoms with Gasteiger partial charge in [0.2, 0.25) is 5.91 Å². The smallest absolute Gasteiger partial charge is 0.252 e. The maximum Gasteiger partial charge on any atom is 0.252 e. The summed E-state index contributed by atoms with van der Waals surface area (Å²) in [7, 11) is 0. The highest BCUT2D eigenvalue weighted by atomic mass is 32.1. The number of amides is 2. The average molecular weight is 376 g/mol. The van der Waals surface area contributed by atoms with E-state index in [1.54, 1.807) is 11.3 Å². The minimum absolute atomic E-state index is 0.0629. The van der Waals surface area contributed by atoms with Gasteiger partial charge in [-0.3, -0.25) is 14.5 Å². The Bertz CT molecular complexity index is 792. The second-order valence-electron chi connectivity index (χ2n) is 6.55. The van der Waals surface area contributed by atoms with E-state index >= 15 is 0 Å². The lowest BCUT2D eigenvalue weighted by atomic mass is 10.0. The maximum atomic E-state index is 12.4. The van der Waals surface area contributed by atoms with Crippen LogP contribution in [-0.4, -0.2) is 41.5 Å². The highest BCUT2D eigenvalue weighted by molar-refractivity contribution is 7.10. The van der Waals surface area contributed by atoms with E-state index in [1.165, 1.54) is 11.8 Å². The zero-order valence-corrected chi connectivity index (χ0v) is 16.2. The maximum absolute atomic E-state index is 12.4. The first-order valence-electron chi connectivity index (χ1n) is 8.71. The predicted molar refractivity (Wildman–Crippen MR) is 99.1 cm³/mol. The van der Waals surface area contributed by atoms with Crippen LogP contribution in [0.15, 0.2) is 9.90 Å². The second-order valence-corrected chi connectivity index (χ2v) is 7.52. The molecule has 0 radical (unpaired) electrons. The first-order chi connectivity index (χ1) is 12.5. The molecule has 0 bridgehead atoms. The molecule has 8 heteroatoms. The number of nitrogens with zero attached hydrogens (tertiary/aromatic N) is 2. The third-order valence-corrected chi connectivity index (χ3v) is 5.63. The molecular formula is C18H24N4O3S. The van der Waals surface area contributed by atoms with Crippen molar-refractivity contribution in [1.82, 2.24) is 20.7 Å². The van der Waals surface area contributed by atoms with E-state index in [4.69, 9.17) is 4.52 Å². The molecule has 2 amide bonds. The molecule has 0 unspecified atom stereocenters. The number of hydrogen-bond donors (Lipinski definition) is 2. The highest BCUT2D eigenvalue weighted by Gasteiger charge is 2.25. The standard InChI is InChI=1S/C18H24N4O3S/c1-11-15(12(2)25-21-11)8-22-7-4-14-16(10-26-17(14)9-22)18(24)20-6-5-19-13(3)23/h10H,4-9H2,1-3H3,(H,19,23)(H,20,24). The molecular weight excluding hydrogens is 352 g/mol.